The minimum atomic E-state index is -5.00. The number of nitrogens with one attached hydrogen (secondary N) is 2. The fourth-order valence-corrected chi connectivity index (χ4v) is 2.65. The van der Waals surface area contributed by atoms with Gasteiger partial charge in [-0.25, -0.2) is 4.98 Å². The molecule has 1 aliphatic rings. The third-order valence-electron chi connectivity index (χ3n) is 4.31. The van der Waals surface area contributed by atoms with E-state index in [2.05, 4.69) is 20.6 Å². The summed E-state index contributed by atoms with van der Waals surface area (Å²) in [6, 6.07) is 2.46. The molecule has 0 bridgehead atoms. The second kappa shape index (κ2) is 7.69. The number of aliphatic hydroxyl groups is 1. The maximum atomic E-state index is 13.4. The first-order valence-corrected chi connectivity index (χ1v) is 8.79. The lowest BCUT2D eigenvalue weighted by Gasteiger charge is -2.18. The Morgan fingerprint density at radius 3 is 2.31 bits per heavy atom. The van der Waals surface area contributed by atoms with Crippen molar-refractivity contribution in [3.05, 3.63) is 41.1 Å². The van der Waals surface area contributed by atoms with Crippen molar-refractivity contribution in [2.45, 2.75) is 44.1 Å². The number of benzene rings is 1. The van der Waals surface area contributed by atoms with Crippen LogP contribution >= 0.6 is 0 Å². The van der Waals surface area contributed by atoms with E-state index in [0.717, 1.165) is 18.9 Å². The highest BCUT2D eigenvalue weighted by molar-refractivity contribution is 5.63. The molecule has 2 aromatic rings. The fourth-order valence-electron chi connectivity index (χ4n) is 2.65. The Kier molecular flexibility index (Phi) is 5.61. The lowest BCUT2D eigenvalue weighted by molar-refractivity contribution is -0.142. The molecule has 1 heterocycles. The van der Waals surface area contributed by atoms with E-state index in [-0.39, 0.29) is 30.4 Å². The molecule has 29 heavy (non-hydrogen) atoms. The molecule has 1 aliphatic carbocycles. The summed E-state index contributed by atoms with van der Waals surface area (Å²) in [6.45, 7) is 1.45. The van der Waals surface area contributed by atoms with Gasteiger partial charge in [-0.15, -0.1) is 0 Å². The lowest BCUT2D eigenvalue weighted by Crippen LogP contribution is -2.21. The molecular weight excluding hydrogens is 402 g/mol. The molecule has 0 amide bonds. The van der Waals surface area contributed by atoms with Crippen molar-refractivity contribution < 1.29 is 31.4 Å². The second-order valence-corrected chi connectivity index (χ2v) is 6.88. The van der Waals surface area contributed by atoms with Crippen LogP contribution in [0.25, 0.3) is 0 Å². The molecule has 3 rings (SSSR count). The zero-order chi connectivity index (χ0) is 21.4. The second-order valence-electron chi connectivity index (χ2n) is 6.88. The SMILES string of the molecule is C[C@H](CO)Nc1nc(Nc2ccc(C(F)(F)F)cc2C(F)(F)F)cc(C2CC2)n1. The average molecular weight is 420 g/mol. The van der Waals surface area contributed by atoms with Crippen LogP contribution in [0.5, 0.6) is 0 Å². The summed E-state index contributed by atoms with van der Waals surface area (Å²) in [5.41, 5.74) is -2.78. The van der Waals surface area contributed by atoms with Gasteiger partial charge in [0.2, 0.25) is 5.95 Å². The number of rotatable bonds is 6. The Labute approximate surface area is 162 Å². The van der Waals surface area contributed by atoms with Gasteiger partial charge in [0.05, 0.1) is 29.1 Å². The van der Waals surface area contributed by atoms with Crippen molar-refractivity contribution >= 4 is 17.5 Å². The van der Waals surface area contributed by atoms with E-state index in [9.17, 15) is 26.3 Å². The average Bonchev–Trinajstić information content (AvgIpc) is 3.45. The van der Waals surface area contributed by atoms with Crippen molar-refractivity contribution in [1.29, 1.82) is 0 Å². The maximum absolute atomic E-state index is 13.4. The van der Waals surface area contributed by atoms with Gasteiger partial charge in [0.25, 0.3) is 0 Å². The number of hydrogen-bond donors (Lipinski definition) is 3. The van der Waals surface area contributed by atoms with Gasteiger partial charge < -0.3 is 15.7 Å². The topological polar surface area (TPSA) is 70.1 Å². The van der Waals surface area contributed by atoms with Crippen LogP contribution in [0.15, 0.2) is 24.3 Å². The van der Waals surface area contributed by atoms with E-state index in [1.807, 2.05) is 0 Å². The molecule has 0 saturated heterocycles. The number of aliphatic hydroxyl groups excluding tert-OH is 1. The van der Waals surface area contributed by atoms with E-state index < -0.39 is 35.2 Å². The maximum Gasteiger partial charge on any atom is 0.418 e. The van der Waals surface area contributed by atoms with E-state index >= 15 is 0 Å². The van der Waals surface area contributed by atoms with E-state index in [1.165, 1.54) is 6.07 Å². The molecule has 3 N–H and O–H groups in total. The molecule has 1 fully saturated rings. The third kappa shape index (κ3) is 5.28. The van der Waals surface area contributed by atoms with Crippen LogP contribution in [-0.2, 0) is 12.4 Å². The summed E-state index contributed by atoms with van der Waals surface area (Å²) in [5, 5.41) is 14.5. The molecule has 158 valence electrons. The molecule has 1 atom stereocenters. The minimum Gasteiger partial charge on any atom is -0.394 e. The summed E-state index contributed by atoms with van der Waals surface area (Å²) in [6.07, 6.45) is -8.15. The number of hydrogen-bond acceptors (Lipinski definition) is 5. The molecule has 1 saturated carbocycles. The first kappa shape index (κ1) is 21.2. The monoisotopic (exact) mass is 420 g/mol. The Morgan fingerprint density at radius 1 is 1.07 bits per heavy atom. The number of halogens is 6. The van der Waals surface area contributed by atoms with Gasteiger partial charge in [-0.3, -0.25) is 0 Å². The number of anilines is 3. The van der Waals surface area contributed by atoms with Crippen molar-refractivity contribution in [3.63, 3.8) is 0 Å². The van der Waals surface area contributed by atoms with Crippen LogP contribution in [0, 0.1) is 0 Å². The molecule has 1 aromatic carbocycles. The first-order chi connectivity index (χ1) is 13.5. The van der Waals surface area contributed by atoms with Gasteiger partial charge in [-0.05, 0) is 38.0 Å². The van der Waals surface area contributed by atoms with Crippen LogP contribution in [0.1, 0.15) is 42.5 Å². The Balaban J connectivity index is 1.98. The standard InChI is InChI=1S/C18H18F6N4O/c1-9(8-29)25-16-27-14(10-2-3-10)7-15(28-16)26-13-5-4-11(17(19,20)21)6-12(13)18(22,23)24/h4-7,9-10,29H,2-3,8H2,1H3,(H2,25,26,27,28)/t9-/m1/s1. The first-order valence-electron chi connectivity index (χ1n) is 8.79. The summed E-state index contributed by atoms with van der Waals surface area (Å²) < 4.78 is 78.6. The summed E-state index contributed by atoms with van der Waals surface area (Å²) in [4.78, 5) is 8.39. The zero-order valence-corrected chi connectivity index (χ0v) is 15.2. The van der Waals surface area contributed by atoms with Crippen molar-refractivity contribution in [2.75, 3.05) is 17.2 Å². The van der Waals surface area contributed by atoms with Crippen molar-refractivity contribution in [3.8, 4) is 0 Å². The van der Waals surface area contributed by atoms with E-state index in [0.29, 0.717) is 11.8 Å². The normalized spacial score (nSPS) is 15.9. The van der Waals surface area contributed by atoms with E-state index in [4.69, 9.17) is 5.11 Å². The molecule has 0 unspecified atom stereocenters. The highest BCUT2D eigenvalue weighted by Crippen LogP contribution is 2.42. The molecule has 0 aliphatic heterocycles. The van der Waals surface area contributed by atoms with Gasteiger partial charge in [-0.2, -0.15) is 31.3 Å². The lowest BCUT2D eigenvalue weighted by atomic mass is 10.1. The highest BCUT2D eigenvalue weighted by atomic mass is 19.4. The molecule has 0 spiro atoms. The van der Waals surface area contributed by atoms with Crippen LogP contribution in [-0.4, -0.2) is 27.7 Å². The van der Waals surface area contributed by atoms with Crippen LogP contribution in [0.2, 0.25) is 0 Å². The van der Waals surface area contributed by atoms with Crippen molar-refractivity contribution in [2.24, 2.45) is 0 Å². The predicted octanol–water partition coefficient (Wildman–Crippen LogP) is 4.93. The molecule has 1 aromatic heterocycles. The van der Waals surface area contributed by atoms with Gasteiger partial charge in [0.15, 0.2) is 0 Å². The zero-order valence-electron chi connectivity index (χ0n) is 15.2. The number of nitrogens with zero attached hydrogens (tertiary/aromatic N) is 2. The minimum absolute atomic E-state index is 0.0137. The summed E-state index contributed by atoms with van der Waals surface area (Å²) in [7, 11) is 0. The van der Waals surface area contributed by atoms with Gasteiger partial charge in [-0.1, -0.05) is 0 Å². The van der Waals surface area contributed by atoms with Crippen LogP contribution < -0.4 is 10.6 Å². The third-order valence-corrected chi connectivity index (χ3v) is 4.31. The largest absolute Gasteiger partial charge is 0.418 e. The Bertz CT molecular complexity index is 880. The van der Waals surface area contributed by atoms with E-state index in [1.54, 1.807) is 6.92 Å². The highest BCUT2D eigenvalue weighted by Gasteiger charge is 2.38. The van der Waals surface area contributed by atoms with Crippen LogP contribution in [0.3, 0.4) is 0 Å². The van der Waals surface area contributed by atoms with Gasteiger partial charge >= 0.3 is 12.4 Å². The smallest absolute Gasteiger partial charge is 0.394 e. The summed E-state index contributed by atoms with van der Waals surface area (Å²) in [5.74, 6) is 0.275. The number of alkyl halides is 6. The number of aromatic nitrogens is 2. The van der Waals surface area contributed by atoms with Gasteiger partial charge in [0.1, 0.15) is 5.82 Å². The Hall–Kier alpha value is -2.56. The predicted molar refractivity (Wildman–Crippen MR) is 93.9 cm³/mol. The summed E-state index contributed by atoms with van der Waals surface area (Å²) >= 11 is 0. The van der Waals surface area contributed by atoms with Crippen molar-refractivity contribution in [1.82, 2.24) is 9.97 Å². The molecular formula is C18H18F6N4O. The molecule has 11 heteroatoms. The Morgan fingerprint density at radius 2 is 1.76 bits per heavy atom. The quantitative estimate of drug-likeness (QED) is 0.579. The molecule has 0 radical (unpaired) electrons. The fraction of sp³-hybridized carbons (Fsp3) is 0.444. The van der Waals surface area contributed by atoms with Gasteiger partial charge in [0, 0.05) is 18.0 Å². The van der Waals surface area contributed by atoms with Crippen LogP contribution in [0.4, 0.5) is 43.8 Å². The molecule has 5 nitrogen and oxygen atoms in total.